The molecule has 0 spiro atoms. The Morgan fingerprint density at radius 3 is 2.52 bits per heavy atom. The Balaban J connectivity index is 1.00. The van der Waals surface area contributed by atoms with Crippen molar-refractivity contribution in [2.24, 2.45) is 7.05 Å². The minimum atomic E-state index is 0.862. The van der Waals surface area contributed by atoms with Crippen molar-refractivity contribution in [2.45, 2.75) is 51.4 Å². The molecule has 2 heteroatoms. The largest absolute Gasteiger partial charge is 0.347 e. The summed E-state index contributed by atoms with van der Waals surface area (Å²) in [5.41, 5.74) is 24.0. The van der Waals surface area contributed by atoms with Crippen molar-refractivity contribution in [1.82, 2.24) is 4.57 Å². The zero-order valence-corrected chi connectivity index (χ0v) is 37.1. The summed E-state index contributed by atoms with van der Waals surface area (Å²) in [6.45, 7) is 0. The van der Waals surface area contributed by atoms with Gasteiger partial charge in [0.25, 0.3) is 0 Å². The first-order valence-corrected chi connectivity index (χ1v) is 23.5. The van der Waals surface area contributed by atoms with Crippen molar-refractivity contribution in [3.8, 4) is 0 Å². The molecule has 5 aromatic carbocycles. The molecule has 0 unspecified atom stereocenters. The molecule has 4 bridgehead atoms. The number of anilines is 3. The third kappa shape index (κ3) is 7.24. The Bertz CT molecular complexity index is 3350. The first-order chi connectivity index (χ1) is 32.1. The molecule has 6 aromatic rings. The molecule has 0 radical (unpaired) electrons. The van der Waals surface area contributed by atoms with E-state index in [0.717, 1.165) is 62.7 Å². The molecule has 0 aliphatic heterocycles. The molecule has 0 amide bonds. The molecule has 2 nitrogen and oxygen atoms in total. The third-order valence-electron chi connectivity index (χ3n) is 14.3. The highest BCUT2D eigenvalue weighted by Crippen LogP contribution is 2.46. The van der Waals surface area contributed by atoms with Gasteiger partial charge in [-0.3, -0.25) is 0 Å². The molecule has 0 atom stereocenters. The van der Waals surface area contributed by atoms with E-state index in [4.69, 9.17) is 0 Å². The summed E-state index contributed by atoms with van der Waals surface area (Å²) in [5, 5.41) is 3.76. The van der Waals surface area contributed by atoms with Crippen LogP contribution in [-0.2, 0) is 19.9 Å². The Kier molecular flexibility index (Phi) is 10.0. The van der Waals surface area contributed by atoms with Crippen LogP contribution >= 0.6 is 0 Å². The van der Waals surface area contributed by atoms with Crippen molar-refractivity contribution in [3.05, 3.63) is 243 Å². The molecule has 65 heavy (non-hydrogen) atoms. The lowest BCUT2D eigenvalue weighted by molar-refractivity contribution is 0.888. The van der Waals surface area contributed by atoms with Crippen molar-refractivity contribution in [2.75, 3.05) is 4.90 Å². The van der Waals surface area contributed by atoms with Crippen molar-refractivity contribution >= 4 is 74.2 Å². The number of aromatic nitrogens is 1. The van der Waals surface area contributed by atoms with Crippen LogP contribution in [0.2, 0.25) is 0 Å². The molecule has 0 fully saturated rings. The monoisotopic (exact) mass is 836 g/mol. The van der Waals surface area contributed by atoms with Gasteiger partial charge in [-0.25, -0.2) is 0 Å². The molecular formula is C63H52N2. The van der Waals surface area contributed by atoms with Crippen molar-refractivity contribution < 1.29 is 0 Å². The molecule has 0 saturated carbocycles. The lowest BCUT2D eigenvalue weighted by Crippen LogP contribution is -2.10. The number of fused-ring (bicyclic) bond motifs is 5. The van der Waals surface area contributed by atoms with Crippen molar-refractivity contribution in [3.63, 3.8) is 0 Å². The number of para-hydroxylation sites is 1. The highest BCUT2D eigenvalue weighted by atomic mass is 15.1. The van der Waals surface area contributed by atoms with Crippen LogP contribution in [0, 0.1) is 0 Å². The van der Waals surface area contributed by atoms with E-state index in [0.29, 0.717) is 0 Å². The van der Waals surface area contributed by atoms with Gasteiger partial charge in [-0.2, -0.15) is 0 Å². The topological polar surface area (TPSA) is 8.17 Å². The number of hydrogen-bond acceptors (Lipinski definition) is 1. The second-order valence-electron chi connectivity index (χ2n) is 18.2. The maximum atomic E-state index is 2.51. The normalized spacial score (nSPS) is 18.6. The van der Waals surface area contributed by atoms with Gasteiger partial charge in [0.15, 0.2) is 0 Å². The molecule has 12 rings (SSSR count). The molecular weight excluding hydrogens is 785 g/mol. The summed E-state index contributed by atoms with van der Waals surface area (Å²) < 4.78 is 2.42. The number of nitrogens with zero attached hydrogens (tertiary/aromatic N) is 2. The van der Waals surface area contributed by atoms with E-state index in [-0.39, 0.29) is 0 Å². The van der Waals surface area contributed by atoms with Crippen LogP contribution in [-0.4, -0.2) is 4.57 Å². The molecule has 0 saturated heterocycles. The summed E-state index contributed by atoms with van der Waals surface area (Å²) in [5.74, 6) is 0. The van der Waals surface area contributed by atoms with Gasteiger partial charge in [-0.15, -0.1) is 0 Å². The van der Waals surface area contributed by atoms with Gasteiger partial charge in [0.1, 0.15) is 0 Å². The summed E-state index contributed by atoms with van der Waals surface area (Å²) in [6.07, 6.45) is 49.8. The van der Waals surface area contributed by atoms with E-state index in [1.54, 1.807) is 0 Å². The standard InChI is InChI=1S/C63H52N2/c1-64-60-24-14-21-49(51(37-43-15-8-5-9-16-43)40-50-29-26-45-25-28-47-19-13-20-48-30-34-54(50)59(39-45)63(47)48)41-57(60)58-42-53(32-36-61(58)64)65(52-22-11-6-12-23-52)62-35-31-46-18-10-4-2-3-7-17-44-27-33-55(62)56(46)38-44/h2-3,5-8,10-15,17-18,20-23,26-38,41-42H,4,9,16,19,24-25,39-40H2,1H3/b3-2+,17-7-,18-10-,51-37?. The predicted molar refractivity (Wildman–Crippen MR) is 279 cm³/mol. The van der Waals surface area contributed by atoms with Gasteiger partial charge in [-0.1, -0.05) is 157 Å². The molecule has 6 aliphatic carbocycles. The smallest absolute Gasteiger partial charge is 0.0540 e. The van der Waals surface area contributed by atoms with E-state index in [9.17, 15) is 0 Å². The predicted octanol–water partition coefficient (Wildman–Crippen LogP) is 16.6. The van der Waals surface area contributed by atoms with E-state index >= 15 is 0 Å². The van der Waals surface area contributed by atoms with Gasteiger partial charge in [0, 0.05) is 52.4 Å². The van der Waals surface area contributed by atoms with Crippen LogP contribution in [0.5, 0.6) is 0 Å². The van der Waals surface area contributed by atoms with Crippen LogP contribution < -0.4 is 4.90 Å². The van der Waals surface area contributed by atoms with Gasteiger partial charge < -0.3 is 9.47 Å². The summed E-state index contributed by atoms with van der Waals surface area (Å²) >= 11 is 0. The first kappa shape index (κ1) is 39.2. The van der Waals surface area contributed by atoms with E-state index in [1.165, 1.54) is 105 Å². The van der Waals surface area contributed by atoms with Crippen LogP contribution in [0.15, 0.2) is 198 Å². The molecule has 0 N–H and O–H groups in total. The average Bonchev–Trinajstić information content (AvgIpc) is 3.63. The zero-order valence-electron chi connectivity index (χ0n) is 37.1. The average molecular weight is 837 g/mol. The summed E-state index contributed by atoms with van der Waals surface area (Å²) in [4.78, 5) is 2.46. The van der Waals surface area contributed by atoms with Crippen LogP contribution in [0.3, 0.4) is 0 Å². The maximum Gasteiger partial charge on any atom is 0.0540 e. The Hall–Kier alpha value is -7.42. The van der Waals surface area contributed by atoms with Crippen LogP contribution in [0.1, 0.15) is 83.2 Å². The molecule has 6 aliphatic rings. The Labute approximate surface area is 383 Å². The summed E-state index contributed by atoms with van der Waals surface area (Å²) in [7, 11) is 2.25. The SMILES string of the molecule is Cn1c2c(c3cc(N(c4ccccc4)c4ccc5c6cc(ccc46)/C=C\C=C\C/C=C\5)ccc31)C=C(C(=CC1=CC=CCC1)CC1=CC=C3CC=C4CC=Cc5ccc1c(c54)C3)C=CC2. The van der Waals surface area contributed by atoms with Gasteiger partial charge in [0.2, 0.25) is 0 Å². The molecule has 314 valence electrons. The molecule has 1 heterocycles. The quantitative estimate of drug-likeness (QED) is 0.156. The zero-order chi connectivity index (χ0) is 43.3. The maximum absolute atomic E-state index is 2.51. The number of rotatable bonds is 7. The fourth-order valence-corrected chi connectivity index (χ4v) is 11.0. The third-order valence-corrected chi connectivity index (χ3v) is 14.3. The van der Waals surface area contributed by atoms with Gasteiger partial charge in [-0.05, 0) is 160 Å². The Morgan fingerprint density at radius 1 is 0.692 bits per heavy atom. The fourth-order valence-electron chi connectivity index (χ4n) is 11.0. The number of benzene rings is 5. The summed E-state index contributed by atoms with van der Waals surface area (Å²) in [6, 6.07) is 34.3. The second kappa shape index (κ2) is 16.6. The van der Waals surface area contributed by atoms with Gasteiger partial charge >= 0.3 is 0 Å². The van der Waals surface area contributed by atoms with Crippen molar-refractivity contribution in [1.29, 1.82) is 0 Å². The van der Waals surface area contributed by atoms with Crippen LogP contribution in [0.25, 0.3) is 57.1 Å². The second-order valence-corrected chi connectivity index (χ2v) is 18.2. The fraction of sp³-hybridized carbons (Fsp3) is 0.143. The lowest BCUT2D eigenvalue weighted by Gasteiger charge is -2.27. The number of hydrogen-bond donors (Lipinski definition) is 0. The number of allylic oxidation sites excluding steroid dienone is 20. The number of aryl methyl sites for hydroxylation is 1. The van der Waals surface area contributed by atoms with E-state index in [1.807, 2.05) is 0 Å². The lowest BCUT2D eigenvalue weighted by atomic mass is 9.82. The minimum absolute atomic E-state index is 0.862. The minimum Gasteiger partial charge on any atom is -0.347 e. The molecule has 1 aromatic heterocycles. The van der Waals surface area contributed by atoms with Gasteiger partial charge in [0.05, 0.1) is 5.69 Å². The highest BCUT2D eigenvalue weighted by Gasteiger charge is 2.26. The van der Waals surface area contributed by atoms with E-state index in [2.05, 4.69) is 217 Å². The Morgan fingerprint density at radius 2 is 1.60 bits per heavy atom. The highest BCUT2D eigenvalue weighted by molar-refractivity contribution is 6.05. The van der Waals surface area contributed by atoms with E-state index < -0.39 is 0 Å². The van der Waals surface area contributed by atoms with Crippen LogP contribution in [0.4, 0.5) is 17.1 Å². The first-order valence-electron chi connectivity index (χ1n) is 23.5.